The topological polar surface area (TPSA) is 9.86 Å². The van der Waals surface area contributed by atoms with Crippen LogP contribution in [0.1, 0.15) is 18.2 Å². The van der Waals surface area contributed by atoms with Crippen molar-refractivity contribution in [3.63, 3.8) is 0 Å². The highest BCUT2D eigenvalue weighted by Gasteiger charge is 2.15. The molecule has 0 aliphatic carbocycles. The molecule has 0 aliphatic heterocycles. The van der Waals surface area contributed by atoms with Crippen LogP contribution in [0.15, 0.2) is 127 Å². The molecular weight excluding hydrogens is 472 g/mol. The van der Waals surface area contributed by atoms with Crippen LogP contribution >= 0.6 is 0 Å². The van der Waals surface area contributed by atoms with Gasteiger partial charge >= 0.3 is 0 Å². The van der Waals surface area contributed by atoms with E-state index in [1.807, 2.05) is 13.0 Å². The molecule has 39 heavy (non-hydrogen) atoms. The van der Waals surface area contributed by atoms with Gasteiger partial charge in [-0.05, 0) is 60.5 Å². The summed E-state index contributed by atoms with van der Waals surface area (Å²) in [5, 5.41) is 3.71. The maximum Gasteiger partial charge on any atom is 0.105 e. The summed E-state index contributed by atoms with van der Waals surface area (Å²) in [6.45, 7) is 2.02. The molecule has 0 N–H and O–H groups in total. The van der Waals surface area contributed by atoms with E-state index in [0.29, 0.717) is 0 Å². The van der Waals surface area contributed by atoms with Gasteiger partial charge in [0.1, 0.15) is 5.69 Å². The van der Waals surface area contributed by atoms with E-state index in [0.717, 1.165) is 33.5 Å². The van der Waals surface area contributed by atoms with Gasteiger partial charge in [-0.25, -0.2) is 0 Å². The van der Waals surface area contributed by atoms with E-state index in [4.69, 9.17) is 6.42 Å². The first-order chi connectivity index (χ1) is 19.3. The van der Waals surface area contributed by atoms with Crippen molar-refractivity contribution >= 4 is 38.8 Å². The minimum Gasteiger partial charge on any atom is -0.309 e. The van der Waals surface area contributed by atoms with E-state index >= 15 is 0 Å². The molecule has 184 valence electrons. The second-order valence-corrected chi connectivity index (χ2v) is 9.72. The molecule has 2 heteroatoms. The van der Waals surface area contributed by atoms with Crippen LogP contribution in [-0.2, 0) is 0 Å². The fourth-order valence-corrected chi connectivity index (χ4v) is 5.82. The summed E-state index contributed by atoms with van der Waals surface area (Å²) < 4.78 is 4.53. The minimum atomic E-state index is 0.873. The van der Waals surface area contributed by atoms with Crippen molar-refractivity contribution in [3.05, 3.63) is 139 Å². The molecule has 2 nitrogen and oxygen atoms in total. The summed E-state index contributed by atoms with van der Waals surface area (Å²) in [6.07, 6.45) is 10.2. The summed E-state index contributed by atoms with van der Waals surface area (Å²) in [5.41, 5.74) is 10.1. The second kappa shape index (κ2) is 9.24. The number of rotatable bonds is 4. The standard InChI is InChI=1S/C37H26N2/c1-3-11-30-31-12-5-8-15-35(31)38(34(30)4-2)28-22-18-26(19-23-28)27-20-24-29(25-21-27)39-36-16-9-6-13-32(36)33-14-7-10-17-37(33)39/h2-3,5-25H,1H3/b11-3-. The van der Waals surface area contributed by atoms with Crippen LogP contribution in [-0.4, -0.2) is 9.13 Å². The van der Waals surface area contributed by atoms with E-state index in [1.54, 1.807) is 0 Å². The molecule has 5 aromatic carbocycles. The van der Waals surface area contributed by atoms with E-state index in [-0.39, 0.29) is 0 Å². The van der Waals surface area contributed by atoms with Gasteiger partial charge in [-0.1, -0.05) is 96.9 Å². The number of hydrogen-bond acceptors (Lipinski definition) is 0. The Balaban J connectivity index is 1.28. The van der Waals surface area contributed by atoms with Crippen molar-refractivity contribution < 1.29 is 0 Å². The molecule has 0 spiro atoms. The molecule has 0 saturated heterocycles. The third-order valence-corrected chi connectivity index (χ3v) is 7.55. The maximum absolute atomic E-state index is 6.02. The van der Waals surface area contributed by atoms with Gasteiger partial charge in [0.15, 0.2) is 0 Å². The highest BCUT2D eigenvalue weighted by molar-refractivity contribution is 6.09. The van der Waals surface area contributed by atoms with Gasteiger partial charge in [0.2, 0.25) is 0 Å². The third kappa shape index (κ3) is 3.60. The summed E-state index contributed by atoms with van der Waals surface area (Å²) >= 11 is 0. The lowest BCUT2D eigenvalue weighted by molar-refractivity contribution is 1.10. The second-order valence-electron chi connectivity index (χ2n) is 9.72. The predicted molar refractivity (Wildman–Crippen MR) is 166 cm³/mol. The summed E-state index contributed by atoms with van der Waals surface area (Å²) in [4.78, 5) is 0. The lowest BCUT2D eigenvalue weighted by Gasteiger charge is -2.11. The summed E-state index contributed by atoms with van der Waals surface area (Å²) in [7, 11) is 0. The highest BCUT2D eigenvalue weighted by Crippen LogP contribution is 2.34. The van der Waals surface area contributed by atoms with E-state index < -0.39 is 0 Å². The first kappa shape index (κ1) is 22.9. The van der Waals surface area contributed by atoms with Gasteiger partial charge in [0.25, 0.3) is 0 Å². The number of aromatic nitrogens is 2. The zero-order valence-electron chi connectivity index (χ0n) is 21.7. The van der Waals surface area contributed by atoms with Gasteiger partial charge in [-0.2, -0.15) is 0 Å². The van der Waals surface area contributed by atoms with Crippen molar-refractivity contribution in [2.75, 3.05) is 0 Å². The smallest absolute Gasteiger partial charge is 0.105 e. The Morgan fingerprint density at radius 1 is 0.538 bits per heavy atom. The summed E-state index contributed by atoms with van der Waals surface area (Å²) in [6, 6.07) is 43.1. The lowest BCUT2D eigenvalue weighted by Crippen LogP contribution is -1.97. The van der Waals surface area contributed by atoms with Gasteiger partial charge in [-0.15, -0.1) is 6.42 Å². The van der Waals surface area contributed by atoms with Crippen LogP contribution in [0.2, 0.25) is 0 Å². The number of para-hydroxylation sites is 3. The number of hydrogen-bond donors (Lipinski definition) is 0. The molecule has 0 saturated carbocycles. The molecule has 0 unspecified atom stereocenters. The highest BCUT2D eigenvalue weighted by atomic mass is 15.0. The molecule has 0 aliphatic rings. The maximum atomic E-state index is 6.02. The Hall–Kier alpha value is -5.26. The van der Waals surface area contributed by atoms with Crippen molar-refractivity contribution in [2.24, 2.45) is 0 Å². The minimum absolute atomic E-state index is 0.873. The zero-order valence-corrected chi connectivity index (χ0v) is 21.7. The van der Waals surface area contributed by atoms with Crippen LogP contribution in [0.5, 0.6) is 0 Å². The molecule has 7 aromatic rings. The summed E-state index contributed by atoms with van der Waals surface area (Å²) in [5.74, 6) is 2.94. The molecule has 7 rings (SSSR count). The third-order valence-electron chi connectivity index (χ3n) is 7.55. The monoisotopic (exact) mass is 498 g/mol. The number of allylic oxidation sites excluding steroid dienone is 1. The van der Waals surface area contributed by atoms with Gasteiger partial charge in [0, 0.05) is 33.1 Å². The molecule has 0 atom stereocenters. The Morgan fingerprint density at radius 2 is 0.974 bits per heavy atom. The van der Waals surface area contributed by atoms with Gasteiger partial charge in [0.05, 0.1) is 16.6 Å². The van der Waals surface area contributed by atoms with Crippen LogP contribution in [0.4, 0.5) is 0 Å². The molecule has 0 fully saturated rings. The van der Waals surface area contributed by atoms with Crippen molar-refractivity contribution in [1.82, 2.24) is 9.13 Å². The Kier molecular flexibility index (Phi) is 5.43. The molecule has 0 bridgehead atoms. The Labute approximate surface area is 228 Å². The van der Waals surface area contributed by atoms with E-state index in [9.17, 15) is 0 Å². The lowest BCUT2D eigenvalue weighted by atomic mass is 10.0. The molecular formula is C37H26N2. The van der Waals surface area contributed by atoms with Crippen LogP contribution < -0.4 is 0 Å². The molecule has 0 radical (unpaired) electrons. The van der Waals surface area contributed by atoms with E-state index in [2.05, 4.69) is 142 Å². The first-order valence-corrected chi connectivity index (χ1v) is 13.2. The largest absolute Gasteiger partial charge is 0.309 e. The first-order valence-electron chi connectivity index (χ1n) is 13.2. The number of benzene rings is 5. The molecule has 0 amide bonds. The van der Waals surface area contributed by atoms with Crippen LogP contribution in [0.25, 0.3) is 61.3 Å². The Bertz CT molecular complexity index is 2000. The van der Waals surface area contributed by atoms with Crippen molar-refractivity contribution in [3.8, 4) is 34.8 Å². The molecule has 2 aromatic heterocycles. The van der Waals surface area contributed by atoms with Crippen LogP contribution in [0.3, 0.4) is 0 Å². The Morgan fingerprint density at radius 3 is 1.46 bits per heavy atom. The quantitative estimate of drug-likeness (QED) is 0.214. The SMILES string of the molecule is C#Cc1c(/C=C\C)c2ccccc2n1-c1ccc(-c2ccc(-n3c4ccccc4c4ccccc43)cc2)cc1. The predicted octanol–water partition coefficient (Wildman–Crippen LogP) is 9.41. The van der Waals surface area contributed by atoms with Crippen LogP contribution in [0, 0.1) is 12.3 Å². The number of fused-ring (bicyclic) bond motifs is 4. The zero-order chi connectivity index (χ0) is 26.3. The van der Waals surface area contributed by atoms with Crippen molar-refractivity contribution in [1.29, 1.82) is 0 Å². The van der Waals surface area contributed by atoms with Gasteiger partial charge in [-0.3, -0.25) is 0 Å². The average molecular weight is 499 g/mol. The van der Waals surface area contributed by atoms with E-state index in [1.165, 1.54) is 32.9 Å². The normalized spacial score (nSPS) is 11.6. The average Bonchev–Trinajstić information content (AvgIpc) is 3.50. The molecule has 2 heterocycles. The fraction of sp³-hybridized carbons (Fsp3) is 0.0270. The number of nitrogens with zero attached hydrogens (tertiary/aromatic N) is 2. The van der Waals surface area contributed by atoms with Crippen molar-refractivity contribution in [2.45, 2.75) is 6.92 Å². The fourth-order valence-electron chi connectivity index (χ4n) is 5.82. The van der Waals surface area contributed by atoms with Gasteiger partial charge < -0.3 is 9.13 Å². The number of terminal acetylenes is 1.